The average molecular weight is 353 g/mol. The van der Waals surface area contributed by atoms with Crippen LogP contribution >= 0.6 is 11.9 Å². The van der Waals surface area contributed by atoms with Crippen molar-refractivity contribution in [2.75, 3.05) is 33.4 Å². The monoisotopic (exact) mass is 353 g/mol. The SMILES string of the molecule is COC(=O)C1[C@H]2CN(Sc3ccc(OC/C(=C\F)CN)nc3)C[C@@H]12. The van der Waals surface area contributed by atoms with Gasteiger partial charge in [-0.05, 0) is 29.9 Å². The van der Waals surface area contributed by atoms with Gasteiger partial charge < -0.3 is 15.2 Å². The van der Waals surface area contributed by atoms with Gasteiger partial charge in [0.15, 0.2) is 0 Å². The van der Waals surface area contributed by atoms with Gasteiger partial charge in [0.25, 0.3) is 0 Å². The van der Waals surface area contributed by atoms with Crippen molar-refractivity contribution in [3.63, 3.8) is 0 Å². The predicted molar refractivity (Wildman–Crippen MR) is 87.9 cm³/mol. The summed E-state index contributed by atoms with van der Waals surface area (Å²) in [6.07, 6.45) is 2.19. The molecule has 0 spiro atoms. The zero-order valence-electron chi connectivity index (χ0n) is 13.4. The van der Waals surface area contributed by atoms with Crippen LogP contribution in [0.5, 0.6) is 5.88 Å². The number of nitrogens with zero attached hydrogens (tertiary/aromatic N) is 2. The van der Waals surface area contributed by atoms with Crippen LogP contribution in [-0.4, -0.2) is 48.6 Å². The molecular formula is C16H20FN3O3S. The van der Waals surface area contributed by atoms with Crippen molar-refractivity contribution in [1.82, 2.24) is 9.29 Å². The lowest BCUT2D eigenvalue weighted by molar-refractivity contribution is -0.143. The summed E-state index contributed by atoms with van der Waals surface area (Å²) in [5.74, 6) is 1.27. The van der Waals surface area contributed by atoms with Gasteiger partial charge >= 0.3 is 5.97 Å². The summed E-state index contributed by atoms with van der Waals surface area (Å²) in [5, 5.41) is 0. The van der Waals surface area contributed by atoms with Crippen LogP contribution in [0.1, 0.15) is 0 Å². The van der Waals surface area contributed by atoms with Crippen LogP contribution in [0, 0.1) is 17.8 Å². The van der Waals surface area contributed by atoms with Gasteiger partial charge in [-0.2, -0.15) is 0 Å². The van der Waals surface area contributed by atoms with Gasteiger partial charge in [0.1, 0.15) is 6.61 Å². The molecule has 1 saturated carbocycles. The molecule has 3 atom stereocenters. The number of rotatable bonds is 7. The van der Waals surface area contributed by atoms with E-state index in [1.165, 1.54) is 7.11 Å². The van der Waals surface area contributed by atoms with Crippen molar-refractivity contribution >= 4 is 17.9 Å². The van der Waals surface area contributed by atoms with E-state index in [0.29, 0.717) is 29.6 Å². The number of carbonyl (C=O) groups is 1. The normalized spacial score (nSPS) is 26.1. The van der Waals surface area contributed by atoms with E-state index in [-0.39, 0.29) is 25.0 Å². The molecule has 2 aliphatic rings. The smallest absolute Gasteiger partial charge is 0.309 e. The van der Waals surface area contributed by atoms with Crippen molar-refractivity contribution in [2.24, 2.45) is 23.5 Å². The van der Waals surface area contributed by atoms with Crippen molar-refractivity contribution in [2.45, 2.75) is 4.90 Å². The van der Waals surface area contributed by atoms with E-state index in [4.69, 9.17) is 15.2 Å². The number of halogens is 1. The highest BCUT2D eigenvalue weighted by Crippen LogP contribution is 2.54. The van der Waals surface area contributed by atoms with Gasteiger partial charge in [-0.25, -0.2) is 13.7 Å². The Morgan fingerprint density at radius 3 is 2.79 bits per heavy atom. The summed E-state index contributed by atoms with van der Waals surface area (Å²) in [6.45, 7) is 1.98. The van der Waals surface area contributed by atoms with Crippen LogP contribution in [0.4, 0.5) is 4.39 Å². The molecule has 1 saturated heterocycles. The number of esters is 1. The van der Waals surface area contributed by atoms with E-state index >= 15 is 0 Å². The molecule has 1 aromatic rings. The molecule has 8 heteroatoms. The molecule has 0 aromatic carbocycles. The summed E-state index contributed by atoms with van der Waals surface area (Å²) < 4.78 is 24.8. The predicted octanol–water partition coefficient (Wildman–Crippen LogP) is 1.63. The zero-order chi connectivity index (χ0) is 17.1. The van der Waals surface area contributed by atoms with Gasteiger partial charge in [0, 0.05) is 42.4 Å². The van der Waals surface area contributed by atoms with Crippen LogP contribution in [-0.2, 0) is 9.53 Å². The lowest BCUT2D eigenvalue weighted by atomic mass is 10.3. The topological polar surface area (TPSA) is 77.7 Å². The Balaban J connectivity index is 1.45. The molecular weight excluding hydrogens is 333 g/mol. The second kappa shape index (κ2) is 7.50. The van der Waals surface area contributed by atoms with Gasteiger partial charge in [0.2, 0.25) is 5.88 Å². The van der Waals surface area contributed by atoms with E-state index in [0.717, 1.165) is 18.0 Å². The number of methoxy groups -OCH3 is 1. The highest BCUT2D eigenvalue weighted by atomic mass is 32.2. The third kappa shape index (κ3) is 3.71. The zero-order valence-corrected chi connectivity index (χ0v) is 14.2. The van der Waals surface area contributed by atoms with Crippen LogP contribution < -0.4 is 10.5 Å². The van der Waals surface area contributed by atoms with E-state index in [1.54, 1.807) is 24.2 Å². The number of piperidine rings is 1. The first-order valence-electron chi connectivity index (χ1n) is 7.74. The Bertz CT molecular complexity index is 613. The second-order valence-corrected chi connectivity index (χ2v) is 7.08. The molecule has 0 bridgehead atoms. The van der Waals surface area contributed by atoms with Gasteiger partial charge in [-0.1, -0.05) is 0 Å². The Morgan fingerprint density at radius 2 is 2.25 bits per heavy atom. The largest absolute Gasteiger partial charge is 0.473 e. The van der Waals surface area contributed by atoms with Crippen LogP contribution in [0.2, 0.25) is 0 Å². The number of hydrogen-bond donors (Lipinski definition) is 1. The first-order valence-corrected chi connectivity index (χ1v) is 8.51. The molecule has 1 aliphatic heterocycles. The number of carbonyl (C=O) groups excluding carboxylic acids is 1. The summed E-state index contributed by atoms with van der Waals surface area (Å²) in [7, 11) is 1.44. The number of pyridine rings is 1. The maximum absolute atomic E-state index is 12.4. The van der Waals surface area contributed by atoms with Crippen molar-refractivity contribution in [3.05, 3.63) is 30.2 Å². The van der Waals surface area contributed by atoms with E-state index in [1.807, 2.05) is 6.07 Å². The third-order valence-electron chi connectivity index (χ3n) is 4.40. The highest BCUT2D eigenvalue weighted by Gasteiger charge is 2.60. The van der Waals surface area contributed by atoms with Crippen LogP contribution in [0.15, 0.2) is 35.1 Å². The van der Waals surface area contributed by atoms with E-state index < -0.39 is 0 Å². The number of fused-ring (bicyclic) bond motifs is 1. The maximum Gasteiger partial charge on any atom is 0.309 e. The number of aromatic nitrogens is 1. The second-order valence-electron chi connectivity index (χ2n) is 5.91. The molecule has 2 heterocycles. The van der Waals surface area contributed by atoms with Crippen molar-refractivity contribution < 1.29 is 18.7 Å². The minimum atomic E-state index is -0.0861. The van der Waals surface area contributed by atoms with E-state index in [9.17, 15) is 9.18 Å². The average Bonchev–Trinajstić information content (AvgIpc) is 3.12. The molecule has 1 aliphatic carbocycles. The summed E-state index contributed by atoms with van der Waals surface area (Å²) >= 11 is 1.62. The van der Waals surface area contributed by atoms with Crippen molar-refractivity contribution in [3.8, 4) is 5.88 Å². The van der Waals surface area contributed by atoms with Gasteiger partial charge in [-0.3, -0.25) is 4.79 Å². The quantitative estimate of drug-likeness (QED) is 0.590. The number of ether oxygens (including phenoxy) is 2. The minimum Gasteiger partial charge on any atom is -0.473 e. The third-order valence-corrected chi connectivity index (χ3v) is 5.41. The standard InChI is InChI=1S/C16H20FN3O3S/c1-22-16(21)15-12-7-20(8-13(12)15)24-11-2-3-14(19-6-11)23-9-10(4-17)5-18/h2-4,6,12-13,15H,5,7-9,18H2,1H3/b10-4-/t12-,13+,15?. The Labute approximate surface area is 144 Å². The van der Waals surface area contributed by atoms with Crippen LogP contribution in [0.3, 0.4) is 0 Å². The lowest BCUT2D eigenvalue weighted by Gasteiger charge is -2.17. The fourth-order valence-electron chi connectivity index (χ4n) is 3.00. The molecule has 1 aromatic heterocycles. The van der Waals surface area contributed by atoms with Gasteiger partial charge in [0.05, 0.1) is 19.4 Å². The molecule has 0 amide bonds. The molecule has 0 radical (unpaired) electrons. The van der Waals surface area contributed by atoms with Crippen molar-refractivity contribution in [1.29, 1.82) is 0 Å². The number of hydrogen-bond acceptors (Lipinski definition) is 7. The first-order chi connectivity index (χ1) is 11.7. The summed E-state index contributed by atoms with van der Waals surface area (Å²) in [5.41, 5.74) is 5.75. The number of nitrogens with two attached hydrogens (primary N) is 1. The molecule has 130 valence electrons. The summed E-state index contributed by atoms with van der Waals surface area (Å²) in [6, 6.07) is 3.67. The Morgan fingerprint density at radius 1 is 1.50 bits per heavy atom. The highest BCUT2D eigenvalue weighted by molar-refractivity contribution is 7.97. The fourth-order valence-corrected chi connectivity index (χ4v) is 4.02. The molecule has 3 rings (SSSR count). The molecule has 24 heavy (non-hydrogen) atoms. The lowest BCUT2D eigenvalue weighted by Crippen LogP contribution is -2.20. The minimum absolute atomic E-state index is 0.0843. The molecule has 2 fully saturated rings. The maximum atomic E-state index is 12.4. The van der Waals surface area contributed by atoms with E-state index in [2.05, 4.69) is 9.29 Å². The first kappa shape index (κ1) is 17.2. The summed E-state index contributed by atoms with van der Waals surface area (Å²) in [4.78, 5) is 16.7. The molecule has 1 unspecified atom stereocenters. The van der Waals surface area contributed by atoms with Crippen LogP contribution in [0.25, 0.3) is 0 Å². The fraction of sp³-hybridized carbons (Fsp3) is 0.500. The Hall–Kier alpha value is -1.64. The molecule has 6 nitrogen and oxygen atoms in total. The van der Waals surface area contributed by atoms with Gasteiger partial charge in [-0.15, -0.1) is 0 Å². The molecule has 2 N–H and O–H groups in total. The Kier molecular flexibility index (Phi) is 5.37.